The number of para-hydroxylation sites is 1. The van der Waals surface area contributed by atoms with Crippen molar-refractivity contribution in [2.24, 2.45) is 0 Å². The second kappa shape index (κ2) is 5.61. The van der Waals surface area contributed by atoms with Gasteiger partial charge in [-0.25, -0.2) is 4.79 Å². The van der Waals surface area contributed by atoms with Gasteiger partial charge in [0, 0.05) is 6.54 Å². The summed E-state index contributed by atoms with van der Waals surface area (Å²) in [4.78, 5) is 14.1. The van der Waals surface area contributed by atoms with Crippen molar-refractivity contribution in [3.63, 3.8) is 0 Å². The van der Waals surface area contributed by atoms with Gasteiger partial charge in [-0.1, -0.05) is 31.0 Å². The summed E-state index contributed by atoms with van der Waals surface area (Å²) in [7, 11) is 0. The Morgan fingerprint density at radius 3 is 2.84 bits per heavy atom. The maximum Gasteiger partial charge on any atom is 0.415 e. The van der Waals surface area contributed by atoms with Crippen molar-refractivity contribution in [3.8, 4) is 5.75 Å². The molecule has 1 aromatic carbocycles. The Morgan fingerprint density at radius 1 is 1.21 bits per heavy atom. The number of nitrogens with zero attached hydrogens (tertiary/aromatic N) is 1. The largest absolute Gasteiger partial charge is 0.415 e. The lowest BCUT2D eigenvalue weighted by Crippen LogP contribution is -2.55. The molecule has 102 valence electrons. The van der Waals surface area contributed by atoms with E-state index in [0.717, 1.165) is 12.8 Å². The molecule has 1 amide bonds. The van der Waals surface area contributed by atoms with E-state index in [-0.39, 0.29) is 18.2 Å². The van der Waals surface area contributed by atoms with Crippen molar-refractivity contribution >= 4 is 6.09 Å². The Hall–Kier alpha value is -1.55. The van der Waals surface area contributed by atoms with E-state index in [1.54, 1.807) is 12.1 Å². The van der Waals surface area contributed by atoms with Crippen LogP contribution in [0.2, 0.25) is 0 Å². The molecule has 1 aliphatic heterocycles. The third-order valence-corrected chi connectivity index (χ3v) is 3.92. The molecule has 1 saturated carbocycles. The molecule has 4 nitrogen and oxygen atoms in total. The zero-order valence-electron chi connectivity index (χ0n) is 11.0. The predicted molar refractivity (Wildman–Crippen MR) is 71.2 cm³/mol. The van der Waals surface area contributed by atoms with Crippen LogP contribution in [0.1, 0.15) is 25.7 Å². The van der Waals surface area contributed by atoms with E-state index in [2.05, 4.69) is 0 Å². The second-order valence-corrected chi connectivity index (χ2v) is 5.14. The van der Waals surface area contributed by atoms with Gasteiger partial charge >= 0.3 is 6.09 Å². The van der Waals surface area contributed by atoms with Crippen LogP contribution in [0.25, 0.3) is 0 Å². The first-order valence-electron chi connectivity index (χ1n) is 7.00. The first-order valence-corrected chi connectivity index (χ1v) is 7.00. The minimum atomic E-state index is -0.244. The summed E-state index contributed by atoms with van der Waals surface area (Å²) in [5.74, 6) is 0.603. The maximum absolute atomic E-state index is 12.3. The molecule has 0 radical (unpaired) electrons. The highest BCUT2D eigenvalue weighted by Gasteiger charge is 2.37. The highest BCUT2D eigenvalue weighted by Crippen LogP contribution is 2.29. The molecule has 1 saturated heterocycles. The Bertz CT molecular complexity index is 432. The number of amides is 1. The summed E-state index contributed by atoms with van der Waals surface area (Å²) in [5, 5.41) is 0. The molecule has 2 aliphatic rings. The molecule has 0 aromatic heterocycles. The van der Waals surface area contributed by atoms with Crippen LogP contribution in [0.4, 0.5) is 4.79 Å². The van der Waals surface area contributed by atoms with E-state index < -0.39 is 0 Å². The molecular formula is C15H19NO3. The molecular weight excluding hydrogens is 242 g/mol. The fraction of sp³-hybridized carbons (Fsp3) is 0.533. The number of carbonyl (C=O) groups is 1. The number of carbonyl (C=O) groups excluding carboxylic acids is 1. The minimum Gasteiger partial charge on any atom is -0.410 e. The molecule has 2 unspecified atom stereocenters. The van der Waals surface area contributed by atoms with Crippen LogP contribution in [0, 0.1) is 0 Å². The van der Waals surface area contributed by atoms with Gasteiger partial charge in [-0.05, 0) is 25.0 Å². The zero-order valence-corrected chi connectivity index (χ0v) is 11.0. The van der Waals surface area contributed by atoms with Gasteiger partial charge in [0.05, 0.1) is 18.8 Å². The van der Waals surface area contributed by atoms with Crippen molar-refractivity contribution in [2.75, 3.05) is 13.2 Å². The lowest BCUT2D eigenvalue weighted by atomic mass is 9.90. The smallest absolute Gasteiger partial charge is 0.410 e. The van der Waals surface area contributed by atoms with Gasteiger partial charge in [0.15, 0.2) is 0 Å². The van der Waals surface area contributed by atoms with Crippen molar-refractivity contribution in [2.45, 2.75) is 37.8 Å². The monoisotopic (exact) mass is 261 g/mol. The van der Waals surface area contributed by atoms with Gasteiger partial charge in [-0.15, -0.1) is 0 Å². The van der Waals surface area contributed by atoms with Gasteiger partial charge in [0.2, 0.25) is 0 Å². The molecule has 0 spiro atoms. The third-order valence-electron chi connectivity index (χ3n) is 3.92. The fourth-order valence-corrected chi connectivity index (χ4v) is 2.97. The maximum atomic E-state index is 12.3. The first-order chi connectivity index (χ1) is 9.34. The Labute approximate surface area is 113 Å². The lowest BCUT2D eigenvalue weighted by Gasteiger charge is -2.42. The molecule has 3 rings (SSSR count). The van der Waals surface area contributed by atoms with Crippen LogP contribution in [0.15, 0.2) is 30.3 Å². The van der Waals surface area contributed by atoms with Crippen LogP contribution in [-0.2, 0) is 4.74 Å². The summed E-state index contributed by atoms with van der Waals surface area (Å²) in [6, 6.07) is 9.44. The molecule has 1 heterocycles. The lowest BCUT2D eigenvalue weighted by molar-refractivity contribution is -0.0765. The van der Waals surface area contributed by atoms with Gasteiger partial charge in [0.25, 0.3) is 0 Å². The number of fused-ring (bicyclic) bond motifs is 1. The summed E-state index contributed by atoms with van der Waals surface area (Å²) < 4.78 is 11.2. The molecule has 1 aliphatic carbocycles. The van der Waals surface area contributed by atoms with Gasteiger partial charge in [0.1, 0.15) is 5.75 Å². The summed E-state index contributed by atoms with van der Waals surface area (Å²) in [5.41, 5.74) is 0. The average Bonchev–Trinajstić information content (AvgIpc) is 2.47. The first kappa shape index (κ1) is 12.5. The molecule has 0 bridgehead atoms. The van der Waals surface area contributed by atoms with Crippen LogP contribution < -0.4 is 4.74 Å². The van der Waals surface area contributed by atoms with Gasteiger partial charge in [-0.2, -0.15) is 0 Å². The van der Waals surface area contributed by atoms with Crippen LogP contribution in [-0.4, -0.2) is 36.3 Å². The standard InChI is InChI=1S/C15H19NO3/c17-15(19-12-6-2-1-3-7-12)16-10-11-18-14-9-5-4-8-13(14)16/h1-3,6-7,13-14H,4-5,8-11H2. The van der Waals surface area contributed by atoms with E-state index in [0.29, 0.717) is 18.9 Å². The van der Waals surface area contributed by atoms with E-state index in [9.17, 15) is 4.79 Å². The highest BCUT2D eigenvalue weighted by atomic mass is 16.6. The van der Waals surface area contributed by atoms with E-state index in [4.69, 9.17) is 9.47 Å². The van der Waals surface area contributed by atoms with Crippen LogP contribution in [0.3, 0.4) is 0 Å². The summed E-state index contributed by atoms with van der Waals surface area (Å²) in [6.45, 7) is 1.25. The van der Waals surface area contributed by atoms with E-state index in [1.807, 2.05) is 23.1 Å². The number of morpholine rings is 1. The number of hydrogen-bond acceptors (Lipinski definition) is 3. The number of ether oxygens (including phenoxy) is 2. The second-order valence-electron chi connectivity index (χ2n) is 5.14. The van der Waals surface area contributed by atoms with Crippen molar-refractivity contribution in [3.05, 3.63) is 30.3 Å². The quantitative estimate of drug-likeness (QED) is 0.780. The van der Waals surface area contributed by atoms with E-state index in [1.165, 1.54) is 12.8 Å². The number of benzene rings is 1. The predicted octanol–water partition coefficient (Wildman–Crippen LogP) is 2.83. The SMILES string of the molecule is O=C(Oc1ccccc1)N1CCOC2CCCCC21. The van der Waals surface area contributed by atoms with Gasteiger partial charge in [-0.3, -0.25) is 4.90 Å². The third kappa shape index (κ3) is 2.73. The Kier molecular flexibility index (Phi) is 3.69. The minimum absolute atomic E-state index is 0.193. The molecule has 19 heavy (non-hydrogen) atoms. The van der Waals surface area contributed by atoms with Crippen molar-refractivity contribution < 1.29 is 14.3 Å². The molecule has 0 N–H and O–H groups in total. The Morgan fingerprint density at radius 2 is 2.00 bits per heavy atom. The van der Waals surface area contributed by atoms with Gasteiger partial charge < -0.3 is 9.47 Å². The van der Waals surface area contributed by atoms with Crippen LogP contribution in [0.5, 0.6) is 5.75 Å². The highest BCUT2D eigenvalue weighted by molar-refractivity contribution is 5.71. The molecule has 2 atom stereocenters. The number of hydrogen-bond donors (Lipinski definition) is 0. The molecule has 1 aromatic rings. The zero-order chi connectivity index (χ0) is 13.1. The number of rotatable bonds is 1. The van der Waals surface area contributed by atoms with Crippen LogP contribution >= 0.6 is 0 Å². The topological polar surface area (TPSA) is 38.8 Å². The average molecular weight is 261 g/mol. The summed E-state index contributed by atoms with van der Waals surface area (Å²) >= 11 is 0. The fourth-order valence-electron chi connectivity index (χ4n) is 2.97. The normalized spacial score (nSPS) is 26.6. The van der Waals surface area contributed by atoms with Crippen molar-refractivity contribution in [1.82, 2.24) is 4.90 Å². The van der Waals surface area contributed by atoms with E-state index >= 15 is 0 Å². The van der Waals surface area contributed by atoms with Crippen molar-refractivity contribution in [1.29, 1.82) is 0 Å². The molecule has 4 heteroatoms. The molecule has 2 fully saturated rings. The summed E-state index contributed by atoms with van der Waals surface area (Å²) in [6.07, 6.45) is 4.40. The Balaban J connectivity index is 1.68.